The van der Waals surface area contributed by atoms with Crippen molar-refractivity contribution in [3.05, 3.63) is 299 Å². The second kappa shape index (κ2) is 57.2. The summed E-state index contributed by atoms with van der Waals surface area (Å²) in [6.45, 7) is 28.2. The number of rotatable bonds is 49. The molecule has 730 valence electrons. The van der Waals surface area contributed by atoms with Gasteiger partial charge in [-0.05, 0) is 275 Å². The van der Waals surface area contributed by atoms with E-state index in [9.17, 15) is 0 Å². The Morgan fingerprint density at radius 3 is 0.761 bits per heavy atom. The number of carbonyl (C=O) groups excluding carboxylic acids is 1. The van der Waals surface area contributed by atoms with Crippen LogP contribution in [0.3, 0.4) is 0 Å². The Hall–Kier alpha value is -8.16. The predicted molar refractivity (Wildman–Crippen MR) is 602 cm³/mol. The topological polar surface area (TPSA) is 92.8 Å². The zero-order valence-corrected chi connectivity index (χ0v) is 97.1. The van der Waals surface area contributed by atoms with E-state index in [1.54, 1.807) is 11.1 Å². The Morgan fingerprint density at radius 1 is 0.310 bits per heavy atom. The van der Waals surface area contributed by atoms with E-state index in [0.29, 0.717) is 0 Å². The number of terminal acetylenes is 1. The molecular formula is C126H144K2N2O7S4Si. The minimum Gasteiger partial charge on any atom is -1.00 e. The van der Waals surface area contributed by atoms with Gasteiger partial charge in [-0.25, -0.2) is 0 Å². The normalized spacial score (nSPS) is 12.1. The molecule has 2 aliphatic carbocycles. The van der Waals surface area contributed by atoms with Gasteiger partial charge in [0.25, 0.3) is 6.47 Å². The van der Waals surface area contributed by atoms with Gasteiger partial charge < -0.3 is 40.3 Å². The molecule has 0 unspecified atom stereocenters. The van der Waals surface area contributed by atoms with Crippen LogP contribution in [0, 0.1) is 23.8 Å². The van der Waals surface area contributed by atoms with Crippen LogP contribution < -0.4 is 137 Å². The number of hydrogen-bond donors (Lipinski definition) is 0. The van der Waals surface area contributed by atoms with Crippen LogP contribution >= 0.6 is 45.3 Å². The van der Waals surface area contributed by atoms with Gasteiger partial charge >= 0.3 is 103 Å². The van der Waals surface area contributed by atoms with Gasteiger partial charge in [0.2, 0.25) is 0 Å². The quantitative estimate of drug-likeness (QED) is 0.00923. The van der Waals surface area contributed by atoms with Crippen molar-refractivity contribution in [3.8, 4) is 132 Å². The van der Waals surface area contributed by atoms with E-state index in [1.807, 2.05) is 45.3 Å². The molecule has 0 saturated carbocycles. The molecule has 16 heteroatoms. The van der Waals surface area contributed by atoms with Gasteiger partial charge in [-0.15, -0.1) is 57.3 Å². The second-order valence-corrected chi connectivity index (χ2v) is 47.5. The molecule has 10 aromatic carbocycles. The number of fused-ring (bicyclic) bond motifs is 6. The van der Waals surface area contributed by atoms with Gasteiger partial charge in [0.1, 0.15) is 31.1 Å². The van der Waals surface area contributed by atoms with Gasteiger partial charge in [0.05, 0.1) is 36.2 Å². The van der Waals surface area contributed by atoms with Crippen LogP contribution in [-0.2, 0) is 20.5 Å². The number of nitrogens with zero attached hydrogens (tertiary/aromatic N) is 2. The molecule has 0 bridgehead atoms. The maximum absolute atomic E-state index is 8.64. The number of ether oxygens (including phenoxy) is 4. The fraction of sp³-hybridized carbons (Fsp3) is 0.357. The smallest absolute Gasteiger partial charge is 1.00 e. The first-order chi connectivity index (χ1) is 68.5. The van der Waals surface area contributed by atoms with Crippen LogP contribution in [0.1, 0.15) is 269 Å². The SMILES string of the molecule is C#Cc1cc2c(s1)-c1sc(-c3ccc(N(c4ccc(-c5ccc(OCCCCCC)cc5)cc4)c4ccc(-c5ccc(OCCCCCC)cc5)cc4)cc3)cc1C2(CCCC)CCCC.CCCCCCOc1ccc(-c2ccc(N(c3ccc(-c4ccc(OCCCCCC)cc4)cc3)c3ccc(-c4cc5c(s4)-c4sc(C#C[Si](C)(C)C)cc4C5(CCCC)CCCC)cc3)cc2)cc1.O=CO[O-].[H-].[K+].[K+]. The summed E-state index contributed by atoms with van der Waals surface area (Å²) >= 11 is 7.67. The number of anilines is 6. The number of carbonyl (C=O) groups is 1. The summed E-state index contributed by atoms with van der Waals surface area (Å²) in [5.41, 5.74) is 28.5. The average Bonchev–Trinajstić information content (AvgIpc) is 1.55. The monoisotopic (exact) mass is 2030 g/mol. The molecule has 14 aromatic rings. The summed E-state index contributed by atoms with van der Waals surface area (Å²) in [5, 5.41) is 8.43. The largest absolute Gasteiger partial charge is 1.00 e. The molecule has 16 rings (SSSR count). The van der Waals surface area contributed by atoms with Crippen molar-refractivity contribution in [2.75, 3.05) is 36.2 Å². The fourth-order valence-corrected chi connectivity index (χ4v) is 25.0. The van der Waals surface area contributed by atoms with E-state index >= 15 is 0 Å². The van der Waals surface area contributed by atoms with Crippen molar-refractivity contribution in [1.29, 1.82) is 0 Å². The molecule has 0 fully saturated rings. The molecule has 0 amide bonds. The third-order valence-corrected chi connectivity index (χ3v) is 32.8. The van der Waals surface area contributed by atoms with E-state index in [1.165, 1.54) is 255 Å². The molecule has 0 atom stereocenters. The Bertz CT molecular complexity index is 6070. The maximum Gasteiger partial charge on any atom is 1.00 e. The summed E-state index contributed by atoms with van der Waals surface area (Å²) < 4.78 is 24.2. The number of unbranched alkanes of at least 4 members (excludes halogenated alkanes) is 16. The van der Waals surface area contributed by atoms with Crippen LogP contribution in [0.25, 0.3) is 84.9 Å². The van der Waals surface area contributed by atoms with Crippen molar-refractivity contribution in [3.63, 3.8) is 0 Å². The van der Waals surface area contributed by atoms with Crippen molar-refractivity contribution in [1.82, 2.24) is 0 Å². The van der Waals surface area contributed by atoms with E-state index < -0.39 is 8.07 Å². The summed E-state index contributed by atoms with van der Waals surface area (Å²) in [7, 11) is -1.50. The van der Waals surface area contributed by atoms with Crippen molar-refractivity contribution in [2.24, 2.45) is 0 Å². The Balaban J connectivity index is 0.000000258. The zero-order valence-electron chi connectivity index (χ0n) is 87.6. The fourth-order valence-electron chi connectivity index (χ4n) is 19.4. The van der Waals surface area contributed by atoms with E-state index in [2.05, 4.69) is 374 Å². The number of hydrogen-bond acceptors (Lipinski definition) is 13. The third kappa shape index (κ3) is 29.4. The standard InChI is InChI=1S/C64H75NO2S2Si.C61H67NO2S2.CH2O3.2K.H/c1-8-12-16-18-43-66-56-36-26-50(27-37-56)48-20-30-53(31-21-48)65(54-32-22-49(23-33-54)51-28-38-57(39-29-51)67-44-19-17-13-9-2)55-34-24-52(25-35-55)61-47-60-63(69-61)62-59(46-58(68-62)40-45-70(5,6)7)64(60,41-14-10-3)42-15-11-4;1-6-11-15-17-41-63-53-35-25-47(26-36-53)45-19-29-50(30-20-45)62(51-31-21-46(22-32-51)48-27-37-54(38-28-48)64-42-18-16-12-7-2)52-33-23-49(24-34-52)58-44-57-60(66-58)59-56(43-55(10-5)65-59)61(57,39-13-8-3)40-14-9-4;2-1-4-3;;;/h20-39,46-47H,8-19,41-44H2,1-7H3;5,19-38,43-44H,6-9,11-18,39-42H2,1-4H3;1,3H;;;/q;;;2*+1;-1/p-1. The van der Waals surface area contributed by atoms with Gasteiger partial charge in [-0.3, -0.25) is 4.79 Å². The summed E-state index contributed by atoms with van der Waals surface area (Å²) in [4.78, 5) is 26.8. The van der Waals surface area contributed by atoms with Gasteiger partial charge in [-0.2, -0.15) is 0 Å². The molecule has 4 heterocycles. The maximum atomic E-state index is 8.64. The van der Waals surface area contributed by atoms with Crippen LogP contribution in [-0.4, -0.2) is 41.0 Å². The van der Waals surface area contributed by atoms with E-state index in [0.717, 1.165) is 114 Å². The van der Waals surface area contributed by atoms with Gasteiger partial charge in [0.15, 0.2) is 0 Å². The number of thiophene rings is 4. The van der Waals surface area contributed by atoms with E-state index in [4.69, 9.17) is 35.4 Å². The molecule has 0 radical (unpaired) electrons. The third-order valence-electron chi connectivity index (χ3n) is 27.1. The average molecular weight is 2030 g/mol. The van der Waals surface area contributed by atoms with Crippen LogP contribution in [0.4, 0.5) is 34.1 Å². The van der Waals surface area contributed by atoms with Crippen LogP contribution in [0.2, 0.25) is 19.6 Å². The Labute approximate surface area is 953 Å². The van der Waals surface area contributed by atoms with Gasteiger partial charge in [0, 0.05) is 74.2 Å². The summed E-state index contributed by atoms with van der Waals surface area (Å²) in [6.07, 6.45) is 39.7. The molecule has 142 heavy (non-hydrogen) atoms. The molecule has 0 aliphatic heterocycles. The number of benzene rings is 10. The van der Waals surface area contributed by atoms with E-state index in [-0.39, 0.29) is 121 Å². The van der Waals surface area contributed by atoms with Gasteiger partial charge in [-0.1, -0.05) is 337 Å². The molecule has 0 N–H and O–H groups in total. The first kappa shape index (κ1) is 113. The molecular weight excluding hydrogens is 1890 g/mol. The Morgan fingerprint density at radius 2 is 0.528 bits per heavy atom. The Kier molecular flexibility index (Phi) is 45.4. The molecule has 4 aromatic heterocycles. The van der Waals surface area contributed by atoms with Crippen molar-refractivity contribution < 1.29 is 138 Å². The van der Waals surface area contributed by atoms with Crippen LogP contribution in [0.5, 0.6) is 23.0 Å². The molecule has 9 nitrogen and oxygen atoms in total. The minimum absolute atomic E-state index is 0. The summed E-state index contributed by atoms with van der Waals surface area (Å²) in [5.74, 6) is 10.4. The minimum atomic E-state index is -1.50. The van der Waals surface area contributed by atoms with Crippen molar-refractivity contribution >= 4 is 94.0 Å². The second-order valence-electron chi connectivity index (χ2n) is 38.5. The van der Waals surface area contributed by atoms with Crippen molar-refractivity contribution in [2.45, 2.75) is 266 Å². The molecule has 2 aliphatic rings. The predicted octanol–water partition coefficient (Wildman–Crippen LogP) is 31.5. The molecule has 0 spiro atoms. The first-order valence-corrected chi connectivity index (χ1v) is 58.7. The zero-order chi connectivity index (χ0) is 98.1. The molecule has 0 saturated heterocycles. The van der Waals surface area contributed by atoms with Crippen LogP contribution in [0.15, 0.2) is 267 Å². The summed E-state index contributed by atoms with van der Waals surface area (Å²) in [6, 6.07) is 98.6. The first-order valence-electron chi connectivity index (χ1n) is 52.0.